The summed E-state index contributed by atoms with van der Waals surface area (Å²) in [6.45, 7) is 2.05. The molecule has 2 aliphatic heterocycles. The van der Waals surface area contributed by atoms with Crippen LogP contribution in [0.1, 0.15) is 65.5 Å². The van der Waals surface area contributed by atoms with Crippen molar-refractivity contribution >= 4 is 63.1 Å². The molecule has 3 atom stereocenters. The Hall–Kier alpha value is -2.31. The Morgan fingerprint density at radius 1 is 1.06 bits per heavy atom. The number of hydrogen-bond donors (Lipinski definition) is 0. The van der Waals surface area contributed by atoms with Crippen LogP contribution in [0.4, 0.5) is 8.78 Å². The summed E-state index contributed by atoms with van der Waals surface area (Å²) in [5.74, 6) is 0.0828. The first-order valence-corrected chi connectivity index (χ1v) is 11.3. The summed E-state index contributed by atoms with van der Waals surface area (Å²) in [4.78, 5) is 23.7. The van der Waals surface area contributed by atoms with Gasteiger partial charge in [-0.05, 0) is 62.9 Å². The lowest BCUT2D eigenvalue weighted by atomic mass is 9.86. The van der Waals surface area contributed by atoms with Crippen molar-refractivity contribution in [1.29, 1.82) is 0 Å². The second kappa shape index (κ2) is 10.6. The minimum Gasteiger partial charge on any atom is -0.348 e. The van der Waals surface area contributed by atoms with Crippen LogP contribution in [0.3, 0.4) is 0 Å². The van der Waals surface area contributed by atoms with Crippen molar-refractivity contribution in [3.05, 3.63) is 59.3 Å². The summed E-state index contributed by atoms with van der Waals surface area (Å²) in [5.41, 5.74) is 3.25. The zero-order valence-electron chi connectivity index (χ0n) is 19.9. The minimum absolute atomic E-state index is 0. The maximum Gasteiger partial charge on any atom is 0.280 e. The van der Waals surface area contributed by atoms with E-state index in [1.54, 1.807) is 4.52 Å². The van der Waals surface area contributed by atoms with Gasteiger partial charge in [-0.1, -0.05) is 0 Å². The molecule has 2 fully saturated rings. The van der Waals surface area contributed by atoms with Gasteiger partial charge in [-0.15, -0.1) is 0 Å². The molecule has 0 unspecified atom stereocenters. The Labute approximate surface area is 228 Å². The van der Waals surface area contributed by atoms with Crippen molar-refractivity contribution < 1.29 is 13.6 Å². The fourth-order valence-electron chi connectivity index (χ4n) is 5.82. The summed E-state index contributed by atoms with van der Waals surface area (Å²) in [7, 11) is 2.02. The molecule has 0 saturated carbocycles. The summed E-state index contributed by atoms with van der Waals surface area (Å²) < 4.78 is 30.7. The van der Waals surface area contributed by atoms with E-state index in [4.69, 9.17) is 0 Å². The molecule has 6 rings (SSSR count). The van der Waals surface area contributed by atoms with E-state index in [-0.39, 0.29) is 75.9 Å². The fraction of sp³-hybridized carbons (Fsp3) is 0.417. The number of nitrogens with zero attached hydrogens (tertiary/aromatic N) is 6. The van der Waals surface area contributed by atoms with Crippen LogP contribution in [0, 0.1) is 6.92 Å². The number of fused-ring (bicyclic) bond motifs is 4. The number of hydrogen-bond acceptors (Lipinski definition) is 4. The molecule has 0 radical (unpaired) electrons. The quantitative estimate of drug-likeness (QED) is 0.368. The average Bonchev–Trinajstić information content (AvgIpc) is 3.48. The first-order valence-electron chi connectivity index (χ1n) is 11.3. The van der Waals surface area contributed by atoms with Crippen molar-refractivity contribution in [1.82, 2.24) is 29.0 Å². The summed E-state index contributed by atoms with van der Waals surface area (Å²) in [6.07, 6.45) is 2.06. The smallest absolute Gasteiger partial charge is 0.280 e. The molecule has 7 nitrogen and oxygen atoms in total. The van der Waals surface area contributed by atoms with Crippen LogP contribution in [0.15, 0.2) is 36.7 Å². The van der Waals surface area contributed by atoms with E-state index in [0.717, 1.165) is 42.3 Å². The van der Waals surface area contributed by atoms with Crippen LogP contribution in [-0.4, -0.2) is 47.0 Å². The van der Waals surface area contributed by atoms with E-state index in [9.17, 15) is 13.6 Å². The van der Waals surface area contributed by atoms with Gasteiger partial charge in [-0.25, -0.2) is 18.3 Å². The third-order valence-electron chi connectivity index (χ3n) is 7.49. The third-order valence-corrected chi connectivity index (χ3v) is 7.49. The monoisotopic (exact) mass is 552 g/mol. The topological polar surface area (TPSA) is 68.3 Å². The first-order chi connectivity index (χ1) is 15.9. The number of halogens is 2. The highest BCUT2D eigenvalue weighted by molar-refractivity contribution is 7.59. The second-order valence-electron chi connectivity index (χ2n) is 9.19. The molecule has 1 amide bonds. The molecule has 0 spiro atoms. The Balaban J connectivity index is 0.00000120. The first kappa shape index (κ1) is 28.3. The number of aromatic nitrogens is 5. The number of rotatable bonds is 3. The maximum atomic E-state index is 13.7. The van der Waals surface area contributed by atoms with Gasteiger partial charge in [0.05, 0.1) is 5.69 Å². The van der Waals surface area contributed by atoms with Crippen molar-refractivity contribution in [3.8, 4) is 0 Å². The van der Waals surface area contributed by atoms with Gasteiger partial charge < -0.3 is 9.47 Å². The van der Waals surface area contributed by atoms with E-state index >= 15 is 0 Å². The lowest BCUT2D eigenvalue weighted by Gasteiger charge is -2.40. The Kier molecular flexibility index (Phi) is 8.31. The van der Waals surface area contributed by atoms with Crippen LogP contribution in [0.25, 0.3) is 16.7 Å². The summed E-state index contributed by atoms with van der Waals surface area (Å²) in [6, 6.07) is 9.49. The molecule has 12 heteroatoms. The van der Waals surface area contributed by atoms with Crippen LogP contribution in [0.5, 0.6) is 0 Å². The normalized spacial score (nSPS) is 20.8. The number of aryl methyl sites for hydroxylation is 2. The van der Waals surface area contributed by atoms with Crippen molar-refractivity contribution in [2.75, 3.05) is 0 Å². The number of amides is 1. The molecule has 1 aromatic carbocycles. The molecular weight excluding hydrogens is 523 g/mol. The molecule has 0 aliphatic carbocycles. The van der Waals surface area contributed by atoms with E-state index in [1.807, 2.05) is 37.1 Å². The van der Waals surface area contributed by atoms with Crippen LogP contribution < -0.4 is 0 Å². The molecule has 2 bridgehead atoms. The molecule has 3 aromatic heterocycles. The van der Waals surface area contributed by atoms with E-state index < -0.39 is 6.43 Å². The SMILES string of the molecule is Cc1cc2cc(C(=O)N3[C@H]4CC[C@H](c5cc(C(F)F)nc6ncnn56)[C@@H]3CC4)ccc2n1C.S.S.S. The maximum absolute atomic E-state index is 13.7. The molecule has 36 heavy (non-hydrogen) atoms. The fourth-order valence-corrected chi connectivity index (χ4v) is 5.82. The number of benzene rings is 1. The largest absolute Gasteiger partial charge is 0.348 e. The summed E-state index contributed by atoms with van der Waals surface area (Å²) >= 11 is 0. The van der Waals surface area contributed by atoms with E-state index in [0.29, 0.717) is 11.3 Å². The van der Waals surface area contributed by atoms with Gasteiger partial charge in [-0.2, -0.15) is 50.6 Å². The molecule has 0 N–H and O–H groups in total. The molecule has 194 valence electrons. The highest BCUT2D eigenvalue weighted by Gasteiger charge is 2.46. The number of piperidine rings is 1. The van der Waals surface area contributed by atoms with Gasteiger partial charge in [0.2, 0.25) is 0 Å². The highest BCUT2D eigenvalue weighted by Crippen LogP contribution is 2.45. The predicted molar refractivity (Wildman–Crippen MR) is 149 cm³/mol. The average molecular weight is 553 g/mol. The van der Waals surface area contributed by atoms with Gasteiger partial charge in [-0.3, -0.25) is 4.79 Å². The van der Waals surface area contributed by atoms with Gasteiger partial charge >= 0.3 is 0 Å². The van der Waals surface area contributed by atoms with Crippen molar-refractivity contribution in [3.63, 3.8) is 0 Å². The van der Waals surface area contributed by atoms with Gasteiger partial charge in [0.15, 0.2) is 0 Å². The molecule has 2 aliphatic rings. The second-order valence-corrected chi connectivity index (χ2v) is 9.19. The number of carbonyl (C=O) groups is 1. The Morgan fingerprint density at radius 3 is 2.56 bits per heavy atom. The number of alkyl halides is 2. The van der Waals surface area contributed by atoms with Crippen LogP contribution in [0.2, 0.25) is 0 Å². The lowest BCUT2D eigenvalue weighted by Crippen LogP contribution is -2.47. The van der Waals surface area contributed by atoms with Crippen molar-refractivity contribution in [2.45, 2.75) is 57.0 Å². The standard InChI is InChI=1S/C24H24F2N6O.3H2S/c1-13-9-15-10-14(3-7-19(15)30(13)2)23(33)31-16-4-6-17(20(31)8-5-16)21-11-18(22(25)26)29-24-27-12-28-32(21)24;;;/h3,7,9-12,16-17,20,22H,4-6,8H2,1-2H3;3*1H2/t16-,17-,20-;;;/m0.../s1. The van der Waals surface area contributed by atoms with Gasteiger partial charge in [0, 0.05) is 47.2 Å². The molecular formula is C24H30F2N6OS3. The zero-order chi connectivity index (χ0) is 22.9. The highest BCUT2D eigenvalue weighted by atomic mass is 32.1. The lowest BCUT2D eigenvalue weighted by molar-refractivity contribution is 0.0554. The third kappa shape index (κ3) is 4.37. The predicted octanol–water partition coefficient (Wildman–Crippen LogP) is 4.75. The van der Waals surface area contributed by atoms with Crippen molar-refractivity contribution in [2.24, 2.45) is 7.05 Å². The molecule has 4 aromatic rings. The van der Waals surface area contributed by atoms with E-state index in [1.165, 1.54) is 12.4 Å². The zero-order valence-corrected chi connectivity index (χ0v) is 22.9. The molecule has 2 saturated heterocycles. The minimum atomic E-state index is -2.69. The summed E-state index contributed by atoms with van der Waals surface area (Å²) in [5, 5.41) is 5.29. The molecule has 5 heterocycles. The van der Waals surface area contributed by atoms with Crippen LogP contribution in [-0.2, 0) is 7.05 Å². The Bertz CT molecular complexity index is 1410. The van der Waals surface area contributed by atoms with Gasteiger partial charge in [0.25, 0.3) is 18.1 Å². The van der Waals surface area contributed by atoms with Crippen LogP contribution >= 0.6 is 40.5 Å². The van der Waals surface area contributed by atoms with E-state index in [2.05, 4.69) is 25.7 Å². The number of carbonyl (C=O) groups excluding carboxylic acids is 1. The Morgan fingerprint density at radius 2 is 1.81 bits per heavy atom. The van der Waals surface area contributed by atoms with Gasteiger partial charge in [0.1, 0.15) is 12.0 Å².